The summed E-state index contributed by atoms with van der Waals surface area (Å²) in [6.07, 6.45) is 6.56. The van der Waals surface area contributed by atoms with Crippen LogP contribution in [0.2, 0.25) is 0 Å². The molecule has 2 heterocycles. The second-order valence-electron chi connectivity index (χ2n) is 6.76. The molecule has 1 aromatic carbocycles. The minimum atomic E-state index is -3.24. The van der Waals surface area contributed by atoms with Crippen molar-refractivity contribution in [2.75, 3.05) is 37.3 Å². The van der Waals surface area contributed by atoms with E-state index in [1.807, 2.05) is 0 Å². The van der Waals surface area contributed by atoms with Crippen LogP contribution in [0.25, 0.3) is 10.9 Å². The molecule has 128 valence electrons. The van der Waals surface area contributed by atoms with E-state index in [1.54, 1.807) is 24.5 Å². The topological polar surface area (TPSA) is 66.4 Å². The summed E-state index contributed by atoms with van der Waals surface area (Å²) in [5, 5.41) is 0.820. The molecule has 6 nitrogen and oxygen atoms in total. The van der Waals surface area contributed by atoms with Crippen molar-refractivity contribution in [3.63, 3.8) is 0 Å². The van der Waals surface area contributed by atoms with Gasteiger partial charge in [-0.15, -0.1) is 0 Å². The molecule has 0 amide bonds. The normalized spacial score (nSPS) is 20.3. The fourth-order valence-corrected chi connectivity index (χ4v) is 4.11. The van der Waals surface area contributed by atoms with Crippen LogP contribution in [0.5, 0.6) is 0 Å². The third-order valence-corrected chi connectivity index (χ3v) is 6.02. The van der Waals surface area contributed by atoms with Crippen molar-refractivity contribution in [3.05, 3.63) is 24.5 Å². The lowest BCUT2D eigenvalue weighted by atomic mass is 10.2. The zero-order chi connectivity index (χ0) is 16.7. The Kier molecular flexibility index (Phi) is 3.92. The average molecular weight is 346 g/mol. The first-order valence-electron chi connectivity index (χ1n) is 8.46. The first kappa shape index (κ1) is 15.8. The van der Waals surface area contributed by atoms with E-state index >= 15 is 0 Å². The number of benzene rings is 1. The summed E-state index contributed by atoms with van der Waals surface area (Å²) in [5.74, 6) is 0.850. The smallest absolute Gasteiger partial charge is 0.175 e. The molecule has 1 aliphatic heterocycles. The monoisotopic (exact) mass is 346 g/mol. The molecular formula is C17H22N4O2S. The molecule has 0 unspecified atom stereocenters. The molecule has 0 N–H and O–H groups in total. The summed E-state index contributed by atoms with van der Waals surface area (Å²) in [7, 11) is -3.24. The molecule has 1 aliphatic carbocycles. The first-order valence-corrected chi connectivity index (χ1v) is 10.4. The maximum Gasteiger partial charge on any atom is 0.175 e. The maximum atomic E-state index is 11.9. The quantitative estimate of drug-likeness (QED) is 0.843. The zero-order valence-electron chi connectivity index (χ0n) is 13.9. The largest absolute Gasteiger partial charge is 0.355 e. The lowest BCUT2D eigenvalue weighted by Gasteiger charge is -2.23. The highest BCUT2D eigenvalue weighted by Gasteiger charge is 2.30. The molecule has 1 saturated heterocycles. The second-order valence-corrected chi connectivity index (χ2v) is 8.77. The molecule has 0 radical (unpaired) electrons. The first-order chi connectivity index (χ1) is 11.5. The molecule has 24 heavy (non-hydrogen) atoms. The summed E-state index contributed by atoms with van der Waals surface area (Å²) in [4.78, 5) is 13.9. The average Bonchev–Trinajstić information content (AvgIpc) is 3.39. The Morgan fingerprint density at radius 2 is 1.92 bits per heavy atom. The predicted molar refractivity (Wildman–Crippen MR) is 94.1 cm³/mol. The standard InChI is InChI=1S/C17H22N4O2S/c1-24(22,23)14-5-6-16-15(11-14)17(19-12-18-16)21-8-2-7-20(9-10-21)13-3-4-13/h5-6,11-13H,2-4,7-10H2,1H3. The van der Waals surface area contributed by atoms with E-state index in [9.17, 15) is 8.42 Å². The van der Waals surface area contributed by atoms with Gasteiger partial charge in [-0.2, -0.15) is 0 Å². The molecule has 0 bridgehead atoms. The summed E-state index contributed by atoms with van der Waals surface area (Å²) in [5.41, 5.74) is 0.788. The highest BCUT2D eigenvalue weighted by atomic mass is 32.2. The lowest BCUT2D eigenvalue weighted by molar-refractivity contribution is 0.283. The van der Waals surface area contributed by atoms with Crippen molar-refractivity contribution >= 4 is 26.6 Å². The van der Waals surface area contributed by atoms with Crippen molar-refractivity contribution in [1.82, 2.24) is 14.9 Å². The van der Waals surface area contributed by atoms with Gasteiger partial charge in [0.05, 0.1) is 10.4 Å². The van der Waals surface area contributed by atoms with Crippen molar-refractivity contribution in [1.29, 1.82) is 0 Å². The lowest BCUT2D eigenvalue weighted by Crippen LogP contribution is -2.32. The van der Waals surface area contributed by atoms with Gasteiger partial charge in [0.1, 0.15) is 12.1 Å². The van der Waals surface area contributed by atoms with Crippen LogP contribution in [0.15, 0.2) is 29.4 Å². The number of nitrogens with zero attached hydrogens (tertiary/aromatic N) is 4. The number of anilines is 1. The number of rotatable bonds is 3. The Balaban J connectivity index is 1.70. The number of fused-ring (bicyclic) bond motifs is 1. The highest BCUT2D eigenvalue weighted by molar-refractivity contribution is 7.90. The Bertz CT molecular complexity index is 864. The Morgan fingerprint density at radius 3 is 2.67 bits per heavy atom. The van der Waals surface area contributed by atoms with Crippen LogP contribution in [-0.4, -0.2) is 61.8 Å². The highest BCUT2D eigenvalue weighted by Crippen LogP contribution is 2.30. The van der Waals surface area contributed by atoms with E-state index in [0.717, 1.165) is 55.4 Å². The molecule has 2 aliphatic rings. The Morgan fingerprint density at radius 1 is 1.08 bits per heavy atom. The van der Waals surface area contributed by atoms with Crippen LogP contribution >= 0.6 is 0 Å². The third-order valence-electron chi connectivity index (χ3n) is 4.91. The molecule has 1 aromatic heterocycles. The van der Waals surface area contributed by atoms with Gasteiger partial charge in [-0.05, 0) is 37.5 Å². The molecule has 2 aromatic rings. The van der Waals surface area contributed by atoms with Gasteiger partial charge >= 0.3 is 0 Å². The third kappa shape index (κ3) is 3.10. The number of aromatic nitrogens is 2. The van der Waals surface area contributed by atoms with E-state index in [-0.39, 0.29) is 0 Å². The summed E-state index contributed by atoms with van der Waals surface area (Å²) < 4.78 is 23.8. The van der Waals surface area contributed by atoms with Crippen LogP contribution in [0, 0.1) is 0 Å². The van der Waals surface area contributed by atoms with Gasteiger partial charge in [0, 0.05) is 43.9 Å². The second kappa shape index (κ2) is 5.97. The number of hydrogen-bond acceptors (Lipinski definition) is 6. The molecular weight excluding hydrogens is 324 g/mol. The van der Waals surface area contributed by atoms with Gasteiger partial charge in [0.15, 0.2) is 9.84 Å². The molecule has 4 rings (SSSR count). The number of sulfone groups is 1. The molecule has 2 fully saturated rings. The van der Waals surface area contributed by atoms with Gasteiger partial charge in [0.25, 0.3) is 0 Å². The van der Waals surface area contributed by atoms with Crippen LogP contribution < -0.4 is 4.90 Å². The van der Waals surface area contributed by atoms with E-state index in [1.165, 1.54) is 19.1 Å². The van der Waals surface area contributed by atoms with Crippen molar-refractivity contribution in [2.45, 2.75) is 30.2 Å². The van der Waals surface area contributed by atoms with Gasteiger partial charge in [-0.25, -0.2) is 18.4 Å². The SMILES string of the molecule is CS(=O)(=O)c1ccc2ncnc(N3CCCN(C4CC4)CC3)c2c1. The van der Waals surface area contributed by atoms with Crippen molar-refractivity contribution in [2.24, 2.45) is 0 Å². The Labute approximate surface area is 142 Å². The Hall–Kier alpha value is -1.73. The number of hydrogen-bond donors (Lipinski definition) is 0. The van der Waals surface area contributed by atoms with Gasteiger partial charge in [-0.1, -0.05) is 0 Å². The van der Waals surface area contributed by atoms with E-state index < -0.39 is 9.84 Å². The van der Waals surface area contributed by atoms with E-state index in [4.69, 9.17) is 0 Å². The molecule has 0 spiro atoms. The van der Waals surface area contributed by atoms with Crippen LogP contribution in [0.4, 0.5) is 5.82 Å². The van der Waals surface area contributed by atoms with Crippen LogP contribution in [-0.2, 0) is 9.84 Å². The van der Waals surface area contributed by atoms with Crippen LogP contribution in [0.1, 0.15) is 19.3 Å². The van der Waals surface area contributed by atoms with Crippen molar-refractivity contribution < 1.29 is 8.42 Å². The van der Waals surface area contributed by atoms with Gasteiger partial charge in [0.2, 0.25) is 0 Å². The van der Waals surface area contributed by atoms with E-state index in [0.29, 0.717) is 4.90 Å². The zero-order valence-corrected chi connectivity index (χ0v) is 14.7. The van der Waals surface area contributed by atoms with Gasteiger partial charge in [-0.3, -0.25) is 4.90 Å². The fourth-order valence-electron chi connectivity index (χ4n) is 3.46. The predicted octanol–water partition coefficient (Wildman–Crippen LogP) is 1.71. The summed E-state index contributed by atoms with van der Waals surface area (Å²) in [6.45, 7) is 4.05. The summed E-state index contributed by atoms with van der Waals surface area (Å²) >= 11 is 0. The van der Waals surface area contributed by atoms with E-state index in [2.05, 4.69) is 19.8 Å². The van der Waals surface area contributed by atoms with Crippen LogP contribution in [0.3, 0.4) is 0 Å². The molecule has 1 saturated carbocycles. The van der Waals surface area contributed by atoms with Gasteiger partial charge < -0.3 is 4.90 Å². The maximum absolute atomic E-state index is 11.9. The summed E-state index contributed by atoms with van der Waals surface area (Å²) in [6, 6.07) is 5.88. The molecule has 0 atom stereocenters. The molecule has 7 heteroatoms. The van der Waals surface area contributed by atoms with Crippen molar-refractivity contribution in [3.8, 4) is 0 Å². The fraction of sp³-hybridized carbons (Fsp3) is 0.529. The minimum absolute atomic E-state index is 0.320. The minimum Gasteiger partial charge on any atom is -0.355 e.